The van der Waals surface area contributed by atoms with Gasteiger partial charge in [-0.3, -0.25) is 4.52 Å². The molecule has 0 N–H and O–H groups in total. The van der Waals surface area contributed by atoms with Gasteiger partial charge in [-0.2, -0.15) is 0 Å². The van der Waals surface area contributed by atoms with Crippen molar-refractivity contribution < 1.29 is 9.26 Å². The quantitative estimate of drug-likeness (QED) is 0.830. The smallest absolute Gasteiger partial charge is 0.353 e. The maximum atomic E-state index is 11.9. The summed E-state index contributed by atoms with van der Waals surface area (Å²) in [4.78, 5) is 11.0. The number of hydrogen-bond acceptors (Lipinski definition) is 5. The molecule has 2 heterocycles. The minimum Gasteiger partial charge on any atom is -0.353 e. The Morgan fingerprint density at radius 3 is 2.81 bits per heavy atom. The van der Waals surface area contributed by atoms with Crippen LogP contribution in [0.4, 0.5) is 0 Å². The summed E-state index contributed by atoms with van der Waals surface area (Å²) in [6.45, 7) is 4.23. The van der Waals surface area contributed by atoms with Gasteiger partial charge in [0, 0.05) is 22.3 Å². The van der Waals surface area contributed by atoms with Gasteiger partial charge in [0.25, 0.3) is 0 Å². The Morgan fingerprint density at radius 1 is 1.43 bits per heavy atom. The lowest BCUT2D eigenvalue weighted by Crippen LogP contribution is -2.35. The van der Waals surface area contributed by atoms with E-state index in [9.17, 15) is 4.79 Å². The predicted molar refractivity (Wildman–Crippen MR) is 84.8 cm³/mol. The van der Waals surface area contributed by atoms with Gasteiger partial charge in [0.05, 0.1) is 0 Å². The van der Waals surface area contributed by atoms with Crippen molar-refractivity contribution in [3.8, 4) is 0 Å². The molecule has 1 aliphatic heterocycles. The second-order valence-corrected chi connectivity index (χ2v) is 6.50. The number of halogens is 1. The van der Waals surface area contributed by atoms with Crippen molar-refractivity contribution in [1.82, 2.24) is 9.72 Å². The van der Waals surface area contributed by atoms with Crippen molar-refractivity contribution >= 4 is 33.4 Å². The molecule has 0 aliphatic carbocycles. The molecule has 0 bridgehead atoms. The van der Waals surface area contributed by atoms with Crippen LogP contribution in [0.2, 0.25) is 0 Å². The first-order valence-corrected chi connectivity index (χ1v) is 8.10. The van der Waals surface area contributed by atoms with E-state index in [4.69, 9.17) is 9.26 Å². The molecule has 0 unspecified atom stereocenters. The number of benzene rings is 1. The van der Waals surface area contributed by atoms with Gasteiger partial charge < -0.3 is 4.74 Å². The highest BCUT2D eigenvalue weighted by molar-refractivity contribution is 9.10. The van der Waals surface area contributed by atoms with Gasteiger partial charge >= 0.3 is 5.76 Å². The fourth-order valence-electron chi connectivity index (χ4n) is 2.29. The Labute approximate surface area is 134 Å². The first kappa shape index (κ1) is 14.6. The molecular weight excluding hydrogens is 356 g/mol. The number of rotatable bonds is 3. The van der Waals surface area contributed by atoms with E-state index >= 15 is 0 Å². The molecule has 0 fully saturated rings. The van der Waals surface area contributed by atoms with Gasteiger partial charge in [-0.25, -0.2) is 9.36 Å². The van der Waals surface area contributed by atoms with Gasteiger partial charge in [-0.1, -0.05) is 45.0 Å². The number of allylic oxidation sites excluding steroid dienone is 1. The lowest BCUT2D eigenvalue weighted by molar-refractivity contribution is 0.0530. The molecule has 0 saturated heterocycles. The summed E-state index contributed by atoms with van der Waals surface area (Å²) in [7, 11) is 0. The zero-order valence-corrected chi connectivity index (χ0v) is 13.9. The van der Waals surface area contributed by atoms with E-state index < -0.39 is 10.7 Å². The molecule has 2 aromatic rings. The number of thioether (sulfide) groups is 1. The number of ether oxygens (including phenoxy) is 1. The molecular formula is C14H13BrN2O3S. The summed E-state index contributed by atoms with van der Waals surface area (Å²) in [5.74, 6) is -0.0399. The summed E-state index contributed by atoms with van der Waals surface area (Å²) in [6, 6.07) is 7.77. The van der Waals surface area contributed by atoms with Crippen molar-refractivity contribution in [3.63, 3.8) is 0 Å². The Hall–Kier alpha value is -1.31. The van der Waals surface area contributed by atoms with E-state index in [0.717, 1.165) is 15.7 Å². The van der Waals surface area contributed by atoms with Crippen LogP contribution in [0.25, 0.3) is 5.70 Å². The number of aromatic nitrogens is 2. The Balaban J connectivity index is 2.24. The molecule has 3 rings (SSSR count). The fraction of sp³-hybridized carbons (Fsp3) is 0.286. The number of hydrogen-bond donors (Lipinski definition) is 0. The van der Waals surface area contributed by atoms with Crippen molar-refractivity contribution in [2.24, 2.45) is 0 Å². The maximum absolute atomic E-state index is 11.9. The molecule has 7 heteroatoms. The van der Waals surface area contributed by atoms with Crippen LogP contribution >= 0.6 is 27.7 Å². The van der Waals surface area contributed by atoms with Gasteiger partial charge in [0.1, 0.15) is 0 Å². The highest BCUT2D eigenvalue weighted by Crippen LogP contribution is 2.47. The molecule has 110 valence electrons. The summed E-state index contributed by atoms with van der Waals surface area (Å²) in [6.07, 6.45) is 0. The summed E-state index contributed by atoms with van der Waals surface area (Å²) >= 11 is 4.90. The van der Waals surface area contributed by atoms with E-state index in [1.54, 1.807) is 0 Å². The van der Waals surface area contributed by atoms with Crippen LogP contribution in [0.5, 0.6) is 0 Å². The van der Waals surface area contributed by atoms with E-state index in [0.29, 0.717) is 12.4 Å². The highest BCUT2D eigenvalue weighted by Gasteiger charge is 2.44. The number of fused-ring (bicyclic) bond motifs is 1. The van der Waals surface area contributed by atoms with Crippen LogP contribution in [-0.2, 0) is 9.67 Å². The monoisotopic (exact) mass is 368 g/mol. The average molecular weight is 369 g/mol. The van der Waals surface area contributed by atoms with Crippen LogP contribution in [0.15, 0.2) is 43.5 Å². The topological polar surface area (TPSA) is 57.3 Å². The molecule has 0 radical (unpaired) electrons. The Bertz CT molecular complexity index is 750. The van der Waals surface area contributed by atoms with Gasteiger partial charge in [0.2, 0.25) is 10.8 Å². The molecule has 0 saturated carbocycles. The lowest BCUT2D eigenvalue weighted by atomic mass is 10.1. The summed E-state index contributed by atoms with van der Waals surface area (Å²) < 4.78 is 13.3. The first-order chi connectivity index (χ1) is 10.1. The third-order valence-corrected chi connectivity index (χ3v) is 5.07. The molecule has 5 nitrogen and oxygen atoms in total. The van der Waals surface area contributed by atoms with E-state index in [1.165, 1.54) is 16.3 Å². The zero-order valence-electron chi connectivity index (χ0n) is 11.5. The molecule has 1 aromatic heterocycles. The fourth-order valence-corrected chi connectivity index (χ4v) is 3.69. The normalized spacial score (nSPS) is 21.0. The largest absolute Gasteiger partial charge is 0.446 e. The lowest BCUT2D eigenvalue weighted by Gasteiger charge is -2.33. The minimum absolute atomic E-state index is 0.460. The number of nitrogens with zero attached hydrogens (tertiary/aromatic N) is 2. The van der Waals surface area contributed by atoms with Crippen LogP contribution in [0.1, 0.15) is 25.2 Å². The van der Waals surface area contributed by atoms with E-state index in [1.807, 2.05) is 43.5 Å². The zero-order chi connectivity index (χ0) is 15.0. The van der Waals surface area contributed by atoms with Gasteiger partial charge in [-0.15, -0.1) is 0 Å². The standard InChI is InChI=1S/C14H13BrN2O3S/c1-3-19-14(10-4-6-11(15)7-5-10)12-16-20-13(18)17(12)9(2)8-21-14/h4-8H,3H2,1-2H3/t14-/m1/s1. The van der Waals surface area contributed by atoms with Crippen LogP contribution in [0.3, 0.4) is 0 Å². The van der Waals surface area contributed by atoms with Crippen molar-refractivity contribution in [3.05, 3.63) is 56.1 Å². The molecule has 0 spiro atoms. The Morgan fingerprint density at radius 2 is 2.14 bits per heavy atom. The first-order valence-electron chi connectivity index (χ1n) is 6.42. The summed E-state index contributed by atoms with van der Waals surface area (Å²) in [5.41, 5.74) is 1.68. The molecule has 1 aliphatic rings. The maximum Gasteiger partial charge on any atom is 0.446 e. The SMILES string of the molecule is CCO[C@]1(c2ccc(Br)cc2)SC=C(C)n2c1noc2=O. The van der Waals surface area contributed by atoms with Gasteiger partial charge in [-0.05, 0) is 31.4 Å². The van der Waals surface area contributed by atoms with Crippen LogP contribution < -0.4 is 5.76 Å². The van der Waals surface area contributed by atoms with Crippen LogP contribution in [0, 0.1) is 0 Å². The van der Waals surface area contributed by atoms with Crippen LogP contribution in [-0.4, -0.2) is 16.3 Å². The summed E-state index contributed by atoms with van der Waals surface area (Å²) in [5, 5.41) is 5.85. The predicted octanol–water partition coefficient (Wildman–Crippen LogP) is 3.40. The molecule has 1 atom stereocenters. The third-order valence-electron chi connectivity index (χ3n) is 3.22. The third kappa shape index (κ3) is 2.29. The van der Waals surface area contributed by atoms with E-state index in [-0.39, 0.29) is 0 Å². The molecule has 21 heavy (non-hydrogen) atoms. The van der Waals surface area contributed by atoms with Crippen molar-refractivity contribution in [2.45, 2.75) is 18.8 Å². The Kier molecular flexibility index (Phi) is 3.81. The highest BCUT2D eigenvalue weighted by atomic mass is 79.9. The molecule has 1 aromatic carbocycles. The second-order valence-electron chi connectivity index (χ2n) is 4.54. The molecule has 0 amide bonds. The van der Waals surface area contributed by atoms with Gasteiger partial charge in [0.15, 0.2) is 0 Å². The van der Waals surface area contributed by atoms with Crippen molar-refractivity contribution in [2.75, 3.05) is 6.61 Å². The van der Waals surface area contributed by atoms with E-state index in [2.05, 4.69) is 21.1 Å². The average Bonchev–Trinajstić information content (AvgIpc) is 2.87. The van der Waals surface area contributed by atoms with Crippen molar-refractivity contribution in [1.29, 1.82) is 0 Å². The minimum atomic E-state index is -0.874. The second kappa shape index (κ2) is 5.47.